The van der Waals surface area contributed by atoms with Gasteiger partial charge in [0.15, 0.2) is 0 Å². The molecule has 1 aromatic carbocycles. The van der Waals surface area contributed by atoms with Gasteiger partial charge in [0.2, 0.25) is 0 Å². The maximum atomic E-state index is 12.3. The predicted molar refractivity (Wildman–Crippen MR) is 102 cm³/mol. The molecule has 0 radical (unpaired) electrons. The molecule has 26 heavy (non-hydrogen) atoms. The Kier molecular flexibility index (Phi) is 6.11. The number of esters is 1. The molecule has 3 rings (SSSR count). The predicted octanol–water partition coefficient (Wildman–Crippen LogP) is 4.02. The van der Waals surface area contributed by atoms with E-state index in [0.29, 0.717) is 11.7 Å². The molecule has 0 atom stereocenters. The summed E-state index contributed by atoms with van der Waals surface area (Å²) < 4.78 is 31.2. The molecule has 0 aliphatic heterocycles. The topological polar surface area (TPSA) is 63.7 Å². The van der Waals surface area contributed by atoms with Crippen LogP contribution in [-0.2, 0) is 14.8 Å². The lowest BCUT2D eigenvalue weighted by atomic mass is 9.84. The molecule has 0 unspecified atom stereocenters. The summed E-state index contributed by atoms with van der Waals surface area (Å²) in [7, 11) is -2.28. The van der Waals surface area contributed by atoms with E-state index in [9.17, 15) is 13.2 Å². The fourth-order valence-corrected chi connectivity index (χ4v) is 5.55. The Labute approximate surface area is 158 Å². The van der Waals surface area contributed by atoms with Crippen molar-refractivity contribution in [3.8, 4) is 5.75 Å². The molecule has 1 aromatic heterocycles. The maximum absolute atomic E-state index is 12.3. The van der Waals surface area contributed by atoms with Gasteiger partial charge in [-0.15, -0.1) is 11.3 Å². The van der Waals surface area contributed by atoms with E-state index in [4.69, 9.17) is 4.74 Å². The Bertz CT molecular complexity index is 823. The summed E-state index contributed by atoms with van der Waals surface area (Å²) >= 11 is 1.12. The van der Waals surface area contributed by atoms with Crippen LogP contribution in [0.25, 0.3) is 0 Å². The highest BCUT2D eigenvalue weighted by Gasteiger charge is 2.24. The van der Waals surface area contributed by atoms with Crippen molar-refractivity contribution < 1.29 is 17.9 Å². The van der Waals surface area contributed by atoms with Crippen LogP contribution in [0.15, 0.2) is 46.0 Å². The van der Waals surface area contributed by atoms with Crippen LogP contribution in [0.3, 0.4) is 0 Å². The Hall–Kier alpha value is -1.70. The van der Waals surface area contributed by atoms with E-state index in [1.165, 1.54) is 50.8 Å². The van der Waals surface area contributed by atoms with Gasteiger partial charge >= 0.3 is 5.97 Å². The number of hydrogen-bond acceptors (Lipinski definition) is 5. The van der Waals surface area contributed by atoms with E-state index in [1.54, 1.807) is 23.6 Å². The van der Waals surface area contributed by atoms with Crippen LogP contribution >= 0.6 is 11.3 Å². The largest absolute Gasteiger partial charge is 0.426 e. The molecule has 1 aliphatic carbocycles. The number of thiophene rings is 1. The Morgan fingerprint density at radius 3 is 2.46 bits per heavy atom. The molecule has 0 amide bonds. The minimum Gasteiger partial charge on any atom is -0.426 e. The van der Waals surface area contributed by atoms with Crippen LogP contribution in [0.2, 0.25) is 0 Å². The molecule has 1 heterocycles. The lowest BCUT2D eigenvalue weighted by Crippen LogP contribution is -2.33. The standard InChI is InChI=1S/C19H23NO4S2/c1-20(26(22,23)19-8-5-13-25-19)14-18(21)24-17-11-9-16(10-12-17)15-6-3-2-4-7-15/h5,8-13,15H,2-4,6-7,14H2,1H3. The zero-order valence-corrected chi connectivity index (χ0v) is 16.4. The van der Waals surface area contributed by atoms with E-state index < -0.39 is 16.0 Å². The second kappa shape index (κ2) is 8.33. The summed E-state index contributed by atoms with van der Waals surface area (Å²) in [5.74, 6) is 0.435. The fraction of sp³-hybridized carbons (Fsp3) is 0.421. The summed E-state index contributed by atoms with van der Waals surface area (Å²) in [5.41, 5.74) is 1.28. The second-order valence-electron chi connectivity index (χ2n) is 6.57. The van der Waals surface area contributed by atoms with Crippen LogP contribution in [0.5, 0.6) is 5.75 Å². The van der Waals surface area contributed by atoms with Crippen LogP contribution in [0, 0.1) is 0 Å². The van der Waals surface area contributed by atoms with Crippen molar-refractivity contribution in [3.63, 3.8) is 0 Å². The third kappa shape index (κ3) is 4.52. The molecule has 0 spiro atoms. The molecule has 1 aliphatic rings. The minimum absolute atomic E-state index is 0.213. The summed E-state index contributed by atoms with van der Waals surface area (Å²) in [6, 6.07) is 10.8. The third-order valence-electron chi connectivity index (χ3n) is 4.70. The average Bonchev–Trinajstić information content (AvgIpc) is 3.18. The van der Waals surface area contributed by atoms with Crippen molar-refractivity contribution >= 4 is 27.3 Å². The smallest absolute Gasteiger partial charge is 0.326 e. The first-order valence-electron chi connectivity index (χ1n) is 8.77. The zero-order chi connectivity index (χ0) is 18.6. The summed E-state index contributed by atoms with van der Waals surface area (Å²) in [6.07, 6.45) is 6.28. The molecular weight excluding hydrogens is 370 g/mol. The van der Waals surface area contributed by atoms with E-state index in [-0.39, 0.29) is 10.8 Å². The lowest BCUT2D eigenvalue weighted by molar-refractivity contribution is -0.134. The van der Waals surface area contributed by atoms with Crippen molar-refractivity contribution in [1.29, 1.82) is 0 Å². The number of rotatable bonds is 6. The molecule has 5 nitrogen and oxygen atoms in total. The van der Waals surface area contributed by atoms with Crippen LogP contribution in [0.4, 0.5) is 0 Å². The molecule has 0 bridgehead atoms. The first kappa shape index (κ1) is 19.1. The van der Waals surface area contributed by atoms with Gasteiger partial charge in [-0.2, -0.15) is 4.31 Å². The second-order valence-corrected chi connectivity index (χ2v) is 9.79. The zero-order valence-electron chi connectivity index (χ0n) is 14.8. The Morgan fingerprint density at radius 1 is 1.15 bits per heavy atom. The first-order chi connectivity index (χ1) is 12.5. The summed E-state index contributed by atoms with van der Waals surface area (Å²) in [5, 5.41) is 1.69. The quantitative estimate of drug-likeness (QED) is 0.549. The molecule has 1 saturated carbocycles. The van der Waals surface area contributed by atoms with Crippen LogP contribution < -0.4 is 4.74 Å². The van der Waals surface area contributed by atoms with E-state index in [2.05, 4.69) is 0 Å². The van der Waals surface area contributed by atoms with Crippen molar-refractivity contribution in [2.75, 3.05) is 13.6 Å². The first-order valence-corrected chi connectivity index (χ1v) is 11.1. The average molecular weight is 394 g/mol. The van der Waals surface area contributed by atoms with E-state index in [0.717, 1.165) is 15.6 Å². The minimum atomic E-state index is -3.65. The number of nitrogens with zero attached hydrogens (tertiary/aromatic N) is 1. The SMILES string of the molecule is CN(CC(=O)Oc1ccc(C2CCCCC2)cc1)S(=O)(=O)c1cccs1. The van der Waals surface area contributed by atoms with Gasteiger partial charge in [-0.1, -0.05) is 37.5 Å². The lowest BCUT2D eigenvalue weighted by Gasteiger charge is -2.22. The number of carbonyl (C=O) groups excluding carboxylic acids is 1. The monoisotopic (exact) mass is 393 g/mol. The highest BCUT2D eigenvalue weighted by Crippen LogP contribution is 2.33. The number of carbonyl (C=O) groups is 1. The molecule has 1 fully saturated rings. The molecule has 0 N–H and O–H groups in total. The van der Waals surface area contributed by atoms with Crippen molar-refractivity contribution in [2.45, 2.75) is 42.2 Å². The fourth-order valence-electron chi connectivity index (χ4n) is 3.24. The maximum Gasteiger partial charge on any atom is 0.326 e. The van der Waals surface area contributed by atoms with Gasteiger partial charge in [0, 0.05) is 7.05 Å². The van der Waals surface area contributed by atoms with Gasteiger partial charge in [0.25, 0.3) is 10.0 Å². The van der Waals surface area contributed by atoms with Crippen LogP contribution in [0.1, 0.15) is 43.6 Å². The Balaban J connectivity index is 1.57. The van der Waals surface area contributed by atoms with Gasteiger partial charge in [0.05, 0.1) is 0 Å². The van der Waals surface area contributed by atoms with Crippen molar-refractivity contribution in [2.24, 2.45) is 0 Å². The molecule has 0 saturated heterocycles. The number of benzene rings is 1. The molecular formula is C19H23NO4S2. The molecule has 2 aromatic rings. The van der Waals surface area contributed by atoms with E-state index >= 15 is 0 Å². The van der Waals surface area contributed by atoms with E-state index in [1.807, 2.05) is 12.1 Å². The van der Waals surface area contributed by atoms with Gasteiger partial charge < -0.3 is 4.74 Å². The number of sulfonamides is 1. The Morgan fingerprint density at radius 2 is 1.85 bits per heavy atom. The van der Waals surface area contributed by atoms with Gasteiger partial charge in [-0.3, -0.25) is 4.79 Å². The third-order valence-corrected chi connectivity index (χ3v) is 7.88. The number of ether oxygens (including phenoxy) is 1. The van der Waals surface area contributed by atoms with Crippen molar-refractivity contribution in [3.05, 3.63) is 47.3 Å². The van der Waals surface area contributed by atoms with Gasteiger partial charge in [0.1, 0.15) is 16.5 Å². The number of hydrogen-bond donors (Lipinski definition) is 0. The van der Waals surface area contributed by atoms with Gasteiger partial charge in [-0.25, -0.2) is 8.42 Å². The van der Waals surface area contributed by atoms with Gasteiger partial charge in [-0.05, 0) is 47.9 Å². The van der Waals surface area contributed by atoms with Crippen LogP contribution in [-0.4, -0.2) is 32.3 Å². The summed E-state index contributed by atoms with van der Waals surface area (Å²) in [6.45, 7) is -0.329. The number of likely N-dealkylation sites (N-methyl/N-ethyl adjacent to an activating group) is 1. The highest BCUT2D eigenvalue weighted by atomic mass is 32.2. The summed E-state index contributed by atoms with van der Waals surface area (Å²) in [4.78, 5) is 12.1. The molecule has 140 valence electrons. The van der Waals surface area contributed by atoms with Crippen molar-refractivity contribution in [1.82, 2.24) is 4.31 Å². The normalized spacial score (nSPS) is 15.9. The highest BCUT2D eigenvalue weighted by molar-refractivity contribution is 7.91. The molecule has 7 heteroatoms.